The molecule has 2 aliphatic rings. The van der Waals surface area contributed by atoms with Crippen molar-refractivity contribution in [1.29, 1.82) is 0 Å². The summed E-state index contributed by atoms with van der Waals surface area (Å²) < 4.78 is 14.0. The van der Waals surface area contributed by atoms with Crippen LogP contribution in [0.1, 0.15) is 5.56 Å². The van der Waals surface area contributed by atoms with Crippen LogP contribution in [0.4, 0.5) is 21.5 Å². The normalized spacial score (nSPS) is 18.1. The molecule has 0 aliphatic carbocycles. The van der Waals surface area contributed by atoms with Gasteiger partial charge in [-0.05, 0) is 24.3 Å². The van der Waals surface area contributed by atoms with Crippen molar-refractivity contribution in [2.24, 2.45) is 10.1 Å². The van der Waals surface area contributed by atoms with Gasteiger partial charge in [0.15, 0.2) is 0 Å². The lowest BCUT2D eigenvalue weighted by atomic mass is 10.1. The molecule has 0 spiro atoms. The zero-order valence-electron chi connectivity index (χ0n) is 12.4. The minimum atomic E-state index is -0.458. The summed E-state index contributed by atoms with van der Waals surface area (Å²) in [6, 6.07) is 12.8. The summed E-state index contributed by atoms with van der Waals surface area (Å²) in [6.07, 6.45) is 1.28. The molecule has 0 bridgehead atoms. The zero-order valence-corrected chi connectivity index (χ0v) is 12.4. The van der Waals surface area contributed by atoms with Crippen LogP contribution in [0.3, 0.4) is 0 Å². The molecule has 0 fully saturated rings. The number of nitrogens with two attached hydrogens (primary N) is 1. The highest BCUT2D eigenvalue weighted by molar-refractivity contribution is 6.15. The molecule has 7 heteroatoms. The molecular weight excluding hydrogens is 295 g/mol. The fraction of sp³-hybridized carbons (Fsp3) is 0.125. The molecule has 2 aliphatic heterocycles. The number of aliphatic imine (C=N–C) groups is 1. The van der Waals surface area contributed by atoms with Crippen molar-refractivity contribution in [2.45, 2.75) is 6.29 Å². The number of hydrogen-bond acceptors (Lipinski definition) is 6. The van der Waals surface area contributed by atoms with E-state index in [1.807, 2.05) is 47.2 Å². The van der Waals surface area contributed by atoms with Crippen molar-refractivity contribution in [2.75, 3.05) is 22.6 Å². The molecule has 4 rings (SSSR count). The highest BCUT2D eigenvalue weighted by Gasteiger charge is 2.32. The van der Waals surface area contributed by atoms with Gasteiger partial charge in [-0.2, -0.15) is 5.10 Å². The van der Waals surface area contributed by atoms with E-state index in [0.717, 1.165) is 11.4 Å². The molecule has 2 aromatic carbocycles. The summed E-state index contributed by atoms with van der Waals surface area (Å²) in [7, 11) is 1.90. The molecule has 3 N–H and O–H groups in total. The maximum Gasteiger partial charge on any atom is 0.218 e. The van der Waals surface area contributed by atoms with Gasteiger partial charge in [-0.1, -0.05) is 18.2 Å². The van der Waals surface area contributed by atoms with E-state index in [-0.39, 0.29) is 12.0 Å². The SMILES string of the molecule is CN(C1=NC2NN=CN2c2cc(N)c(F)cc21)c1ccccc1. The third-order valence-corrected chi connectivity index (χ3v) is 3.98. The maximum atomic E-state index is 14.0. The van der Waals surface area contributed by atoms with Gasteiger partial charge >= 0.3 is 0 Å². The van der Waals surface area contributed by atoms with Crippen molar-refractivity contribution in [1.82, 2.24) is 5.43 Å². The lowest BCUT2D eigenvalue weighted by Gasteiger charge is -2.33. The van der Waals surface area contributed by atoms with Crippen molar-refractivity contribution < 1.29 is 4.39 Å². The van der Waals surface area contributed by atoms with Crippen LogP contribution in [0, 0.1) is 5.82 Å². The third-order valence-electron chi connectivity index (χ3n) is 3.98. The summed E-state index contributed by atoms with van der Waals surface area (Å²) in [5.41, 5.74) is 11.2. The number of rotatable bonds is 1. The highest BCUT2D eigenvalue weighted by atomic mass is 19.1. The van der Waals surface area contributed by atoms with Crippen molar-refractivity contribution in [3.8, 4) is 0 Å². The zero-order chi connectivity index (χ0) is 16.0. The van der Waals surface area contributed by atoms with Crippen LogP contribution >= 0.6 is 0 Å². The Morgan fingerprint density at radius 3 is 2.83 bits per heavy atom. The van der Waals surface area contributed by atoms with Gasteiger partial charge < -0.3 is 10.6 Å². The number of benzene rings is 2. The molecule has 23 heavy (non-hydrogen) atoms. The van der Waals surface area contributed by atoms with Gasteiger partial charge in [-0.3, -0.25) is 10.3 Å². The number of para-hydroxylation sites is 1. The molecule has 1 unspecified atom stereocenters. The maximum absolute atomic E-state index is 14.0. The number of halogens is 1. The lowest BCUT2D eigenvalue weighted by molar-refractivity contribution is 0.599. The smallest absolute Gasteiger partial charge is 0.218 e. The predicted molar refractivity (Wildman–Crippen MR) is 90.1 cm³/mol. The molecule has 0 aromatic heterocycles. The first-order valence-electron chi connectivity index (χ1n) is 7.18. The first-order valence-corrected chi connectivity index (χ1v) is 7.18. The number of fused-ring (bicyclic) bond motifs is 3. The topological polar surface area (TPSA) is 69.2 Å². The number of hydrazone groups is 1. The molecule has 2 aromatic rings. The summed E-state index contributed by atoms with van der Waals surface area (Å²) in [5.74, 6) is 0.199. The van der Waals surface area contributed by atoms with Gasteiger partial charge in [0.05, 0.1) is 11.4 Å². The van der Waals surface area contributed by atoms with Gasteiger partial charge in [0.1, 0.15) is 18.0 Å². The van der Waals surface area contributed by atoms with E-state index in [2.05, 4.69) is 15.5 Å². The van der Waals surface area contributed by atoms with Crippen LogP contribution in [0.25, 0.3) is 0 Å². The Bertz CT molecular complexity index is 817. The fourth-order valence-electron chi connectivity index (χ4n) is 2.77. The minimum Gasteiger partial charge on any atom is -0.396 e. The number of amidine groups is 1. The Kier molecular flexibility index (Phi) is 2.94. The molecule has 0 saturated carbocycles. The van der Waals surface area contributed by atoms with Crippen LogP contribution < -0.4 is 21.0 Å². The van der Waals surface area contributed by atoms with Gasteiger partial charge in [-0.15, -0.1) is 0 Å². The Hall–Kier alpha value is -3.09. The van der Waals surface area contributed by atoms with Gasteiger partial charge in [-0.25, -0.2) is 9.38 Å². The van der Waals surface area contributed by atoms with E-state index in [1.165, 1.54) is 6.07 Å². The lowest BCUT2D eigenvalue weighted by Crippen LogP contribution is -2.44. The third kappa shape index (κ3) is 2.09. The average molecular weight is 310 g/mol. The monoisotopic (exact) mass is 310 g/mol. The second-order valence-electron chi connectivity index (χ2n) is 5.39. The molecule has 1 atom stereocenters. The highest BCUT2D eigenvalue weighted by Crippen LogP contribution is 2.33. The van der Waals surface area contributed by atoms with Gasteiger partial charge in [0.25, 0.3) is 0 Å². The molecule has 0 radical (unpaired) electrons. The van der Waals surface area contributed by atoms with E-state index < -0.39 is 5.82 Å². The standard InChI is InChI=1S/C16H15FN6/c1-22(10-5-3-2-4-6-10)15-11-7-12(17)13(18)8-14(11)23-9-19-21-16(23)20-15/h2-9,16,21H,18H2,1H3. The summed E-state index contributed by atoms with van der Waals surface area (Å²) in [4.78, 5) is 8.41. The second-order valence-corrected chi connectivity index (χ2v) is 5.39. The van der Waals surface area contributed by atoms with E-state index in [4.69, 9.17) is 5.73 Å². The Labute approximate surface area is 132 Å². The first-order chi connectivity index (χ1) is 11.1. The largest absolute Gasteiger partial charge is 0.396 e. The number of nitrogens with one attached hydrogen (secondary N) is 1. The predicted octanol–water partition coefficient (Wildman–Crippen LogP) is 1.94. The number of nitrogen functional groups attached to an aromatic ring is 1. The van der Waals surface area contributed by atoms with Gasteiger partial charge in [0, 0.05) is 18.3 Å². The molecule has 6 nitrogen and oxygen atoms in total. The molecule has 2 heterocycles. The average Bonchev–Trinajstić information content (AvgIpc) is 3.04. The Balaban J connectivity index is 1.86. The molecule has 0 amide bonds. The van der Waals surface area contributed by atoms with Crippen LogP contribution in [0.5, 0.6) is 0 Å². The van der Waals surface area contributed by atoms with E-state index in [9.17, 15) is 4.39 Å². The van der Waals surface area contributed by atoms with Crippen LogP contribution in [-0.4, -0.2) is 25.5 Å². The van der Waals surface area contributed by atoms with Gasteiger partial charge in [0.2, 0.25) is 6.29 Å². The van der Waals surface area contributed by atoms with E-state index in [1.54, 1.807) is 12.4 Å². The van der Waals surface area contributed by atoms with Crippen LogP contribution in [0.15, 0.2) is 52.6 Å². The van der Waals surface area contributed by atoms with Crippen LogP contribution in [-0.2, 0) is 0 Å². The van der Waals surface area contributed by atoms with Crippen molar-refractivity contribution in [3.63, 3.8) is 0 Å². The van der Waals surface area contributed by atoms with E-state index >= 15 is 0 Å². The van der Waals surface area contributed by atoms with Crippen molar-refractivity contribution >= 4 is 29.2 Å². The van der Waals surface area contributed by atoms with Crippen LogP contribution in [0.2, 0.25) is 0 Å². The Morgan fingerprint density at radius 2 is 2.04 bits per heavy atom. The molecule has 0 saturated heterocycles. The fourth-order valence-corrected chi connectivity index (χ4v) is 2.77. The Morgan fingerprint density at radius 1 is 1.26 bits per heavy atom. The summed E-state index contributed by atoms with van der Waals surface area (Å²) >= 11 is 0. The second kappa shape index (κ2) is 4.98. The summed E-state index contributed by atoms with van der Waals surface area (Å²) in [6.45, 7) is 0. The number of hydrogen-bond donors (Lipinski definition) is 2. The first kappa shape index (κ1) is 13.6. The minimum absolute atomic E-state index is 0.103. The molecular formula is C16H15FN6. The summed E-state index contributed by atoms with van der Waals surface area (Å²) in [5, 5.41) is 4.04. The van der Waals surface area contributed by atoms with E-state index in [0.29, 0.717) is 11.4 Å². The quantitative estimate of drug-likeness (QED) is 0.790. The van der Waals surface area contributed by atoms with Crippen molar-refractivity contribution in [3.05, 3.63) is 53.8 Å². The number of anilines is 3. The number of nitrogens with zero attached hydrogens (tertiary/aromatic N) is 4. The molecule has 116 valence electrons.